The SMILES string of the molecule is CN=C(NCCc1cccc(F)c1)NCc1ccc(F)c(C)c1.I. The first-order valence-electron chi connectivity index (χ1n) is 7.52. The van der Waals surface area contributed by atoms with Crippen LogP contribution >= 0.6 is 24.0 Å². The van der Waals surface area contributed by atoms with Gasteiger partial charge in [0.05, 0.1) is 0 Å². The van der Waals surface area contributed by atoms with Gasteiger partial charge in [0.25, 0.3) is 0 Å². The van der Waals surface area contributed by atoms with Gasteiger partial charge in [0.15, 0.2) is 5.96 Å². The molecule has 0 aromatic heterocycles. The van der Waals surface area contributed by atoms with E-state index in [0.717, 1.165) is 11.1 Å². The zero-order chi connectivity index (χ0) is 16.7. The summed E-state index contributed by atoms with van der Waals surface area (Å²) in [4.78, 5) is 4.14. The van der Waals surface area contributed by atoms with E-state index in [1.54, 1.807) is 26.1 Å². The second-order valence-corrected chi connectivity index (χ2v) is 5.32. The Hall–Kier alpha value is -1.70. The Morgan fingerprint density at radius 2 is 1.83 bits per heavy atom. The van der Waals surface area contributed by atoms with Crippen molar-refractivity contribution in [3.63, 3.8) is 0 Å². The normalized spacial score (nSPS) is 10.9. The Bertz CT molecular complexity index is 690. The lowest BCUT2D eigenvalue weighted by Crippen LogP contribution is -2.37. The molecule has 2 aromatic carbocycles. The maximum atomic E-state index is 13.2. The van der Waals surface area contributed by atoms with Crippen LogP contribution in [0.25, 0.3) is 0 Å². The molecule has 0 heterocycles. The lowest BCUT2D eigenvalue weighted by atomic mass is 10.1. The summed E-state index contributed by atoms with van der Waals surface area (Å²) < 4.78 is 26.3. The molecular formula is C18H22F2IN3. The molecule has 6 heteroatoms. The molecule has 0 amide bonds. The molecule has 0 aliphatic heterocycles. The lowest BCUT2D eigenvalue weighted by molar-refractivity contribution is 0.617. The average molecular weight is 445 g/mol. The summed E-state index contributed by atoms with van der Waals surface area (Å²) in [5, 5.41) is 6.35. The molecule has 0 atom stereocenters. The molecule has 0 aliphatic rings. The molecular weight excluding hydrogens is 423 g/mol. The zero-order valence-electron chi connectivity index (χ0n) is 13.8. The summed E-state index contributed by atoms with van der Waals surface area (Å²) in [7, 11) is 1.69. The van der Waals surface area contributed by atoms with Crippen molar-refractivity contribution >= 4 is 29.9 Å². The summed E-state index contributed by atoms with van der Waals surface area (Å²) in [5.41, 5.74) is 2.54. The standard InChI is InChI=1S/C18H21F2N3.HI/c1-13-10-15(6-7-17(13)20)12-23-18(21-2)22-9-8-14-4-3-5-16(19)11-14;/h3-7,10-11H,8-9,12H2,1-2H3,(H2,21,22,23);1H. The van der Waals surface area contributed by atoms with Gasteiger partial charge in [0, 0.05) is 20.1 Å². The highest BCUT2D eigenvalue weighted by Crippen LogP contribution is 2.08. The number of benzene rings is 2. The van der Waals surface area contributed by atoms with Gasteiger partial charge in [-0.25, -0.2) is 8.78 Å². The van der Waals surface area contributed by atoms with E-state index >= 15 is 0 Å². The molecule has 0 aliphatic carbocycles. The van der Waals surface area contributed by atoms with E-state index in [2.05, 4.69) is 15.6 Å². The van der Waals surface area contributed by atoms with Crippen molar-refractivity contribution in [1.29, 1.82) is 0 Å². The maximum Gasteiger partial charge on any atom is 0.191 e. The van der Waals surface area contributed by atoms with Gasteiger partial charge in [0.2, 0.25) is 0 Å². The molecule has 24 heavy (non-hydrogen) atoms. The average Bonchev–Trinajstić information content (AvgIpc) is 2.54. The van der Waals surface area contributed by atoms with Crippen LogP contribution in [0.3, 0.4) is 0 Å². The molecule has 0 fully saturated rings. The van der Waals surface area contributed by atoms with Gasteiger partial charge in [-0.2, -0.15) is 0 Å². The number of nitrogens with one attached hydrogen (secondary N) is 2. The Kier molecular flexibility index (Phi) is 8.67. The zero-order valence-corrected chi connectivity index (χ0v) is 16.1. The number of aliphatic imine (C=N–C) groups is 1. The van der Waals surface area contributed by atoms with Gasteiger partial charge in [-0.15, -0.1) is 24.0 Å². The molecule has 2 rings (SSSR count). The third-order valence-corrected chi connectivity index (χ3v) is 3.50. The number of nitrogens with zero attached hydrogens (tertiary/aromatic N) is 1. The largest absolute Gasteiger partial charge is 0.356 e. The lowest BCUT2D eigenvalue weighted by Gasteiger charge is -2.12. The first kappa shape index (κ1) is 20.3. The molecule has 2 N–H and O–H groups in total. The molecule has 0 saturated heterocycles. The smallest absolute Gasteiger partial charge is 0.191 e. The predicted octanol–water partition coefficient (Wildman–Crippen LogP) is 3.80. The van der Waals surface area contributed by atoms with Crippen molar-refractivity contribution in [3.05, 3.63) is 70.8 Å². The van der Waals surface area contributed by atoms with Crippen molar-refractivity contribution in [2.75, 3.05) is 13.6 Å². The molecule has 0 unspecified atom stereocenters. The number of rotatable bonds is 5. The van der Waals surface area contributed by atoms with Crippen molar-refractivity contribution in [2.45, 2.75) is 19.9 Å². The van der Waals surface area contributed by atoms with E-state index in [0.29, 0.717) is 31.0 Å². The predicted molar refractivity (Wildman–Crippen MR) is 105 cm³/mol. The fraction of sp³-hybridized carbons (Fsp3) is 0.278. The van der Waals surface area contributed by atoms with Crippen LogP contribution < -0.4 is 10.6 Å². The van der Waals surface area contributed by atoms with E-state index in [4.69, 9.17) is 0 Å². The fourth-order valence-corrected chi connectivity index (χ4v) is 2.24. The van der Waals surface area contributed by atoms with Crippen molar-refractivity contribution in [2.24, 2.45) is 4.99 Å². The van der Waals surface area contributed by atoms with Crippen LogP contribution in [0.2, 0.25) is 0 Å². The molecule has 3 nitrogen and oxygen atoms in total. The van der Waals surface area contributed by atoms with Crippen LogP contribution in [0.5, 0.6) is 0 Å². The van der Waals surface area contributed by atoms with E-state index in [-0.39, 0.29) is 35.6 Å². The van der Waals surface area contributed by atoms with E-state index in [1.165, 1.54) is 18.2 Å². The highest BCUT2D eigenvalue weighted by atomic mass is 127. The number of aryl methyl sites for hydroxylation is 1. The number of hydrogen-bond donors (Lipinski definition) is 2. The minimum atomic E-state index is -0.225. The first-order chi connectivity index (χ1) is 11.1. The Balaban J connectivity index is 0.00000288. The summed E-state index contributed by atoms with van der Waals surface area (Å²) in [6, 6.07) is 11.6. The van der Waals surface area contributed by atoms with Crippen molar-refractivity contribution in [1.82, 2.24) is 10.6 Å². The van der Waals surface area contributed by atoms with E-state index in [9.17, 15) is 8.78 Å². The van der Waals surface area contributed by atoms with Crippen LogP contribution in [-0.4, -0.2) is 19.6 Å². The second-order valence-electron chi connectivity index (χ2n) is 5.32. The fourth-order valence-electron chi connectivity index (χ4n) is 2.24. The topological polar surface area (TPSA) is 36.4 Å². The van der Waals surface area contributed by atoms with Gasteiger partial charge in [0.1, 0.15) is 11.6 Å². The summed E-state index contributed by atoms with van der Waals surface area (Å²) >= 11 is 0. The van der Waals surface area contributed by atoms with Gasteiger partial charge in [-0.05, 0) is 48.2 Å². The minimum Gasteiger partial charge on any atom is -0.356 e. The quantitative estimate of drug-likeness (QED) is 0.418. The highest BCUT2D eigenvalue weighted by Gasteiger charge is 2.02. The van der Waals surface area contributed by atoms with Crippen LogP contribution in [0.15, 0.2) is 47.5 Å². The molecule has 130 valence electrons. The first-order valence-corrected chi connectivity index (χ1v) is 7.52. The molecule has 0 bridgehead atoms. The van der Waals surface area contributed by atoms with Crippen LogP contribution in [0, 0.1) is 18.6 Å². The Labute approximate surface area is 158 Å². The van der Waals surface area contributed by atoms with E-state index < -0.39 is 0 Å². The van der Waals surface area contributed by atoms with Crippen LogP contribution in [-0.2, 0) is 13.0 Å². The van der Waals surface area contributed by atoms with Crippen molar-refractivity contribution in [3.8, 4) is 0 Å². The minimum absolute atomic E-state index is 0. The van der Waals surface area contributed by atoms with Gasteiger partial charge in [-0.1, -0.05) is 24.3 Å². The number of halogens is 3. The van der Waals surface area contributed by atoms with Crippen molar-refractivity contribution < 1.29 is 8.78 Å². The third kappa shape index (κ3) is 6.43. The monoisotopic (exact) mass is 445 g/mol. The Morgan fingerprint density at radius 3 is 2.50 bits per heavy atom. The maximum absolute atomic E-state index is 13.2. The highest BCUT2D eigenvalue weighted by molar-refractivity contribution is 14.0. The summed E-state index contributed by atoms with van der Waals surface area (Å²) in [6.45, 7) is 2.94. The summed E-state index contributed by atoms with van der Waals surface area (Å²) in [6.07, 6.45) is 0.702. The number of hydrogen-bond acceptors (Lipinski definition) is 1. The molecule has 2 aromatic rings. The molecule has 0 spiro atoms. The Morgan fingerprint density at radius 1 is 1.04 bits per heavy atom. The van der Waals surface area contributed by atoms with Crippen LogP contribution in [0.4, 0.5) is 8.78 Å². The molecule has 0 radical (unpaired) electrons. The van der Waals surface area contributed by atoms with Gasteiger partial charge >= 0.3 is 0 Å². The third-order valence-electron chi connectivity index (χ3n) is 3.50. The van der Waals surface area contributed by atoms with E-state index in [1.807, 2.05) is 12.1 Å². The van der Waals surface area contributed by atoms with Crippen LogP contribution in [0.1, 0.15) is 16.7 Å². The summed E-state index contributed by atoms with van der Waals surface area (Å²) in [5.74, 6) is 0.228. The van der Waals surface area contributed by atoms with Gasteiger partial charge < -0.3 is 10.6 Å². The second kappa shape index (κ2) is 10.2. The van der Waals surface area contributed by atoms with Gasteiger partial charge in [-0.3, -0.25) is 4.99 Å². The number of guanidine groups is 1. The molecule has 0 saturated carbocycles.